The Morgan fingerprint density at radius 2 is 1.46 bits per heavy atom. The third kappa shape index (κ3) is 4.90. The Morgan fingerprint density at radius 3 is 2.07 bits per heavy atom. The lowest BCUT2D eigenvalue weighted by atomic mass is 10.1. The molecule has 0 bridgehead atoms. The number of carbonyl (C=O) groups is 1. The van der Waals surface area contributed by atoms with Gasteiger partial charge in [-0.05, 0) is 96.1 Å². The van der Waals surface area contributed by atoms with Crippen LogP contribution in [0, 0.1) is 17.4 Å². The first-order valence-corrected chi connectivity index (χ1v) is 11.1. The Morgan fingerprint density at radius 1 is 0.857 bits per heavy atom. The highest BCUT2D eigenvalue weighted by molar-refractivity contribution is 14.1. The SMILES string of the molecule is Cc1cc(C)cc(NS(=O)(=O)c2ccc(NC(=O)c3ccccc3I)cc2)c1. The Labute approximate surface area is 178 Å². The first kappa shape index (κ1) is 20.3. The number of rotatable bonds is 5. The molecule has 7 heteroatoms. The molecule has 3 rings (SSSR count). The maximum absolute atomic E-state index is 12.6. The van der Waals surface area contributed by atoms with Crippen molar-refractivity contribution in [3.8, 4) is 0 Å². The van der Waals surface area contributed by atoms with Crippen molar-refractivity contribution in [1.82, 2.24) is 0 Å². The second kappa shape index (κ2) is 8.32. The first-order chi connectivity index (χ1) is 13.2. The van der Waals surface area contributed by atoms with Crippen LogP contribution in [0.15, 0.2) is 71.6 Å². The molecule has 0 spiro atoms. The van der Waals surface area contributed by atoms with Crippen LogP contribution in [-0.2, 0) is 10.0 Å². The minimum absolute atomic E-state index is 0.124. The summed E-state index contributed by atoms with van der Waals surface area (Å²) < 4.78 is 28.7. The van der Waals surface area contributed by atoms with Gasteiger partial charge in [-0.3, -0.25) is 9.52 Å². The zero-order valence-corrected chi connectivity index (χ0v) is 18.3. The van der Waals surface area contributed by atoms with Crippen molar-refractivity contribution in [2.75, 3.05) is 10.0 Å². The largest absolute Gasteiger partial charge is 0.322 e. The zero-order valence-electron chi connectivity index (χ0n) is 15.4. The number of hydrogen-bond acceptors (Lipinski definition) is 3. The number of hydrogen-bond donors (Lipinski definition) is 2. The zero-order chi connectivity index (χ0) is 20.3. The molecule has 0 heterocycles. The van der Waals surface area contributed by atoms with Crippen molar-refractivity contribution in [3.05, 3.63) is 87.0 Å². The molecule has 144 valence electrons. The molecule has 0 aromatic heterocycles. The van der Waals surface area contributed by atoms with E-state index in [-0.39, 0.29) is 10.8 Å². The number of halogens is 1. The molecule has 0 saturated heterocycles. The molecule has 0 aliphatic heterocycles. The van der Waals surface area contributed by atoms with Gasteiger partial charge in [0.05, 0.1) is 10.5 Å². The van der Waals surface area contributed by atoms with E-state index in [2.05, 4.69) is 32.6 Å². The Bertz CT molecular complexity index is 1110. The summed E-state index contributed by atoms with van der Waals surface area (Å²) in [4.78, 5) is 12.5. The fourth-order valence-corrected chi connectivity index (χ4v) is 4.48. The minimum Gasteiger partial charge on any atom is -0.322 e. The van der Waals surface area contributed by atoms with Crippen LogP contribution in [0.5, 0.6) is 0 Å². The number of aryl methyl sites for hydroxylation is 2. The van der Waals surface area contributed by atoms with E-state index in [9.17, 15) is 13.2 Å². The van der Waals surface area contributed by atoms with Gasteiger partial charge >= 0.3 is 0 Å². The van der Waals surface area contributed by atoms with E-state index in [1.807, 2.05) is 32.0 Å². The van der Waals surface area contributed by atoms with Crippen LogP contribution in [0.2, 0.25) is 0 Å². The van der Waals surface area contributed by atoms with E-state index < -0.39 is 10.0 Å². The summed E-state index contributed by atoms with van der Waals surface area (Å²) in [6.07, 6.45) is 0. The van der Waals surface area contributed by atoms with E-state index in [0.717, 1.165) is 14.7 Å². The fourth-order valence-electron chi connectivity index (χ4n) is 2.81. The van der Waals surface area contributed by atoms with E-state index in [0.29, 0.717) is 16.9 Å². The lowest BCUT2D eigenvalue weighted by molar-refractivity contribution is 0.102. The number of carbonyl (C=O) groups excluding carboxylic acids is 1. The standard InChI is InChI=1S/C21H19IN2O3S/c1-14-11-15(2)13-17(12-14)24-28(26,27)18-9-7-16(8-10-18)23-21(25)19-5-3-4-6-20(19)22/h3-13,24H,1-2H3,(H,23,25). The number of nitrogens with one attached hydrogen (secondary N) is 2. The summed E-state index contributed by atoms with van der Waals surface area (Å²) in [6, 6.07) is 18.9. The van der Waals surface area contributed by atoms with Crippen LogP contribution in [0.25, 0.3) is 0 Å². The second-order valence-corrected chi connectivity index (χ2v) is 9.28. The maximum Gasteiger partial charge on any atom is 0.261 e. The third-order valence-electron chi connectivity index (χ3n) is 4.01. The molecule has 3 aromatic carbocycles. The van der Waals surface area contributed by atoms with Gasteiger partial charge in [-0.1, -0.05) is 18.2 Å². The molecule has 0 radical (unpaired) electrons. The van der Waals surface area contributed by atoms with Crippen molar-refractivity contribution in [2.45, 2.75) is 18.7 Å². The summed E-state index contributed by atoms with van der Waals surface area (Å²) in [5.41, 5.74) is 3.57. The highest BCUT2D eigenvalue weighted by Gasteiger charge is 2.15. The molecular formula is C21H19IN2O3S. The number of benzene rings is 3. The van der Waals surface area contributed by atoms with Gasteiger partial charge in [0, 0.05) is 14.9 Å². The lowest BCUT2D eigenvalue weighted by Gasteiger charge is -2.11. The molecule has 0 atom stereocenters. The van der Waals surface area contributed by atoms with Crippen LogP contribution >= 0.6 is 22.6 Å². The van der Waals surface area contributed by atoms with E-state index >= 15 is 0 Å². The van der Waals surface area contributed by atoms with Gasteiger partial charge in [0.2, 0.25) is 0 Å². The number of anilines is 2. The van der Waals surface area contributed by atoms with Crippen LogP contribution in [0.4, 0.5) is 11.4 Å². The molecule has 0 saturated carbocycles. The molecule has 2 N–H and O–H groups in total. The monoisotopic (exact) mass is 506 g/mol. The topological polar surface area (TPSA) is 75.3 Å². The maximum atomic E-state index is 12.6. The number of sulfonamides is 1. The first-order valence-electron chi connectivity index (χ1n) is 8.52. The number of amides is 1. The Kier molecular flexibility index (Phi) is 6.04. The van der Waals surface area contributed by atoms with Crippen molar-refractivity contribution < 1.29 is 13.2 Å². The quantitative estimate of drug-likeness (QED) is 0.481. The summed E-state index contributed by atoms with van der Waals surface area (Å²) in [7, 11) is -3.71. The average molecular weight is 506 g/mol. The van der Waals surface area contributed by atoms with Gasteiger partial charge in [-0.15, -0.1) is 0 Å². The van der Waals surface area contributed by atoms with Crippen molar-refractivity contribution >= 4 is 49.9 Å². The Hall–Kier alpha value is -2.39. The molecule has 0 aliphatic rings. The summed E-state index contributed by atoms with van der Waals surface area (Å²) in [6.45, 7) is 3.83. The van der Waals surface area contributed by atoms with Crippen LogP contribution in [0.1, 0.15) is 21.5 Å². The average Bonchev–Trinajstić information content (AvgIpc) is 2.61. The molecule has 5 nitrogen and oxygen atoms in total. The predicted octanol–water partition coefficient (Wildman–Crippen LogP) is 4.96. The normalized spacial score (nSPS) is 11.1. The van der Waals surface area contributed by atoms with Gasteiger partial charge in [-0.2, -0.15) is 0 Å². The van der Waals surface area contributed by atoms with Gasteiger partial charge in [-0.25, -0.2) is 8.42 Å². The van der Waals surface area contributed by atoms with Crippen LogP contribution in [0.3, 0.4) is 0 Å². The summed E-state index contributed by atoms with van der Waals surface area (Å²) in [5, 5.41) is 2.78. The van der Waals surface area contributed by atoms with Crippen molar-refractivity contribution in [3.63, 3.8) is 0 Å². The van der Waals surface area contributed by atoms with E-state index in [1.165, 1.54) is 12.1 Å². The lowest BCUT2D eigenvalue weighted by Crippen LogP contribution is -2.15. The van der Waals surface area contributed by atoms with Gasteiger partial charge < -0.3 is 5.32 Å². The smallest absolute Gasteiger partial charge is 0.261 e. The van der Waals surface area contributed by atoms with Gasteiger partial charge in [0.1, 0.15) is 0 Å². The second-order valence-electron chi connectivity index (χ2n) is 6.44. The summed E-state index contributed by atoms with van der Waals surface area (Å²) in [5.74, 6) is -0.242. The van der Waals surface area contributed by atoms with Crippen LogP contribution in [-0.4, -0.2) is 14.3 Å². The Balaban J connectivity index is 1.76. The van der Waals surface area contributed by atoms with Gasteiger partial charge in [0.15, 0.2) is 0 Å². The minimum atomic E-state index is -3.71. The molecule has 28 heavy (non-hydrogen) atoms. The molecule has 0 fully saturated rings. The molecule has 1 amide bonds. The highest BCUT2D eigenvalue weighted by atomic mass is 127. The van der Waals surface area contributed by atoms with E-state index in [1.54, 1.807) is 36.4 Å². The third-order valence-corrected chi connectivity index (χ3v) is 6.35. The molecule has 3 aromatic rings. The fraction of sp³-hybridized carbons (Fsp3) is 0.0952. The van der Waals surface area contributed by atoms with Crippen LogP contribution < -0.4 is 10.0 Å². The van der Waals surface area contributed by atoms with E-state index in [4.69, 9.17) is 0 Å². The molecule has 0 unspecified atom stereocenters. The van der Waals surface area contributed by atoms with Crippen molar-refractivity contribution in [1.29, 1.82) is 0 Å². The highest BCUT2D eigenvalue weighted by Crippen LogP contribution is 2.21. The molecule has 0 aliphatic carbocycles. The van der Waals surface area contributed by atoms with Gasteiger partial charge in [0.25, 0.3) is 15.9 Å². The molecular weight excluding hydrogens is 487 g/mol. The predicted molar refractivity (Wildman–Crippen MR) is 120 cm³/mol. The van der Waals surface area contributed by atoms with Crippen molar-refractivity contribution in [2.24, 2.45) is 0 Å². The summed E-state index contributed by atoms with van der Waals surface area (Å²) >= 11 is 2.10.